The fourth-order valence-electron chi connectivity index (χ4n) is 2.18. The summed E-state index contributed by atoms with van der Waals surface area (Å²) in [4.78, 5) is 24.1. The van der Waals surface area contributed by atoms with Gasteiger partial charge in [-0.05, 0) is 35.9 Å². The minimum atomic E-state index is -0.600. The summed E-state index contributed by atoms with van der Waals surface area (Å²) in [6.07, 6.45) is -0.131. The van der Waals surface area contributed by atoms with Crippen LogP contribution in [-0.4, -0.2) is 25.1 Å². The number of hydrogen-bond donors (Lipinski definition) is 1. The number of anilines is 1. The van der Waals surface area contributed by atoms with Gasteiger partial charge in [0.25, 0.3) is 5.91 Å². The number of amides is 1. The van der Waals surface area contributed by atoms with Crippen molar-refractivity contribution in [2.75, 3.05) is 12.4 Å². The quantitative estimate of drug-likeness (QED) is 0.874. The van der Waals surface area contributed by atoms with Crippen LogP contribution in [0.25, 0.3) is 0 Å². The Kier molecular flexibility index (Phi) is 4.04. The number of benzene rings is 1. The first-order chi connectivity index (χ1) is 10.6. The number of thiophene rings is 1. The van der Waals surface area contributed by atoms with Gasteiger partial charge in [-0.15, -0.1) is 11.3 Å². The van der Waals surface area contributed by atoms with Crippen molar-refractivity contribution in [3.05, 3.63) is 45.8 Å². The number of carbonyl (C=O) groups excluding carboxylic acids is 2. The van der Waals surface area contributed by atoms with Crippen LogP contribution in [0.1, 0.15) is 15.2 Å². The highest BCUT2D eigenvalue weighted by Gasteiger charge is 2.29. The summed E-state index contributed by atoms with van der Waals surface area (Å²) in [5, 5.41) is 3.93. The van der Waals surface area contributed by atoms with Crippen LogP contribution in [0.3, 0.4) is 0 Å². The van der Waals surface area contributed by atoms with Gasteiger partial charge in [0, 0.05) is 11.4 Å². The molecule has 1 amide bonds. The van der Waals surface area contributed by atoms with E-state index in [9.17, 15) is 9.59 Å². The molecule has 2 heterocycles. The molecule has 1 aromatic carbocycles. The predicted molar refractivity (Wildman–Crippen MR) is 83.9 cm³/mol. The van der Waals surface area contributed by atoms with E-state index in [2.05, 4.69) is 10.1 Å². The molecule has 0 saturated carbocycles. The highest BCUT2D eigenvalue weighted by Crippen LogP contribution is 2.32. The van der Waals surface area contributed by atoms with Crippen LogP contribution < -0.4 is 10.1 Å². The summed E-state index contributed by atoms with van der Waals surface area (Å²) >= 11 is 7.08. The molecule has 7 heteroatoms. The average molecular weight is 338 g/mol. The standard InChI is InChI=1S/C15H12ClNO4S/c1-20-15(19)12-4-5-13(22-12)17-14(18)11-7-8-6-9(16)2-3-10(8)21-11/h2-6,11H,7H2,1H3,(H,17,18)/t11-/m1/s1. The third kappa shape index (κ3) is 2.93. The van der Waals surface area contributed by atoms with Crippen LogP contribution in [0.5, 0.6) is 5.75 Å². The zero-order valence-corrected chi connectivity index (χ0v) is 13.2. The van der Waals surface area contributed by atoms with Crippen molar-refractivity contribution < 1.29 is 19.1 Å². The first-order valence-electron chi connectivity index (χ1n) is 6.51. The molecule has 2 aromatic rings. The van der Waals surface area contributed by atoms with Gasteiger partial charge in [-0.2, -0.15) is 0 Å². The van der Waals surface area contributed by atoms with Gasteiger partial charge in [0.15, 0.2) is 6.10 Å². The number of fused-ring (bicyclic) bond motifs is 1. The maximum atomic E-state index is 12.2. The predicted octanol–water partition coefficient (Wildman–Crippen LogP) is 3.13. The molecular weight excluding hydrogens is 326 g/mol. The van der Waals surface area contributed by atoms with Gasteiger partial charge in [-0.25, -0.2) is 4.79 Å². The van der Waals surface area contributed by atoms with Crippen molar-refractivity contribution in [1.82, 2.24) is 0 Å². The molecule has 0 saturated heterocycles. The van der Waals surface area contributed by atoms with Crippen LogP contribution in [0.4, 0.5) is 5.00 Å². The van der Waals surface area contributed by atoms with Crippen LogP contribution in [-0.2, 0) is 16.0 Å². The molecule has 1 atom stereocenters. The summed E-state index contributed by atoms with van der Waals surface area (Å²) < 4.78 is 10.2. The first-order valence-corrected chi connectivity index (χ1v) is 7.70. The van der Waals surface area contributed by atoms with Crippen molar-refractivity contribution in [2.24, 2.45) is 0 Å². The van der Waals surface area contributed by atoms with E-state index in [1.54, 1.807) is 30.3 Å². The molecule has 0 bridgehead atoms. The Morgan fingerprint density at radius 2 is 2.18 bits per heavy atom. The third-order valence-electron chi connectivity index (χ3n) is 3.23. The van der Waals surface area contributed by atoms with E-state index in [1.165, 1.54) is 7.11 Å². The second-order valence-electron chi connectivity index (χ2n) is 4.71. The third-order valence-corrected chi connectivity index (χ3v) is 4.44. The van der Waals surface area contributed by atoms with Gasteiger partial charge in [-0.3, -0.25) is 4.79 Å². The lowest BCUT2D eigenvalue weighted by molar-refractivity contribution is -0.122. The van der Waals surface area contributed by atoms with Crippen LogP contribution in [0.2, 0.25) is 5.02 Å². The van der Waals surface area contributed by atoms with Crippen molar-refractivity contribution >= 4 is 39.8 Å². The summed E-state index contributed by atoms with van der Waals surface area (Å²) in [5.41, 5.74) is 0.911. The van der Waals surface area contributed by atoms with Crippen molar-refractivity contribution in [3.8, 4) is 5.75 Å². The van der Waals surface area contributed by atoms with E-state index in [0.29, 0.717) is 27.1 Å². The van der Waals surface area contributed by atoms with Crippen molar-refractivity contribution in [1.29, 1.82) is 0 Å². The highest BCUT2D eigenvalue weighted by molar-refractivity contribution is 7.18. The SMILES string of the molecule is COC(=O)c1ccc(NC(=O)[C@H]2Cc3cc(Cl)ccc3O2)s1. The van der Waals surface area contributed by atoms with Gasteiger partial charge in [0.2, 0.25) is 0 Å². The number of ether oxygens (including phenoxy) is 2. The van der Waals surface area contributed by atoms with Crippen LogP contribution >= 0.6 is 22.9 Å². The largest absolute Gasteiger partial charge is 0.480 e. The molecule has 0 aliphatic carbocycles. The minimum absolute atomic E-state index is 0.259. The molecule has 0 spiro atoms. The van der Waals surface area contributed by atoms with E-state index >= 15 is 0 Å². The maximum absolute atomic E-state index is 12.2. The Balaban J connectivity index is 1.66. The van der Waals surface area contributed by atoms with Gasteiger partial charge in [0.05, 0.1) is 12.1 Å². The fourth-order valence-corrected chi connectivity index (χ4v) is 3.20. The summed E-state index contributed by atoms with van der Waals surface area (Å²) in [7, 11) is 1.31. The second-order valence-corrected chi connectivity index (χ2v) is 6.23. The van der Waals surface area contributed by atoms with Gasteiger partial charge >= 0.3 is 5.97 Å². The average Bonchev–Trinajstić information content (AvgIpc) is 3.12. The lowest BCUT2D eigenvalue weighted by Gasteiger charge is -2.09. The monoisotopic (exact) mass is 337 g/mol. The second kappa shape index (κ2) is 5.98. The van der Waals surface area contributed by atoms with E-state index < -0.39 is 12.1 Å². The molecule has 0 radical (unpaired) electrons. The zero-order chi connectivity index (χ0) is 15.7. The normalized spacial score (nSPS) is 15.8. The summed E-state index contributed by atoms with van der Waals surface area (Å²) in [5.74, 6) is -0.0127. The number of hydrogen-bond acceptors (Lipinski definition) is 5. The first kappa shape index (κ1) is 14.9. The Hall–Kier alpha value is -2.05. The van der Waals surface area contributed by atoms with Crippen molar-refractivity contribution in [3.63, 3.8) is 0 Å². The molecule has 1 N–H and O–H groups in total. The fraction of sp³-hybridized carbons (Fsp3) is 0.200. The summed E-state index contributed by atoms with van der Waals surface area (Å²) in [6.45, 7) is 0. The minimum Gasteiger partial charge on any atom is -0.480 e. The Bertz CT molecular complexity index is 743. The van der Waals surface area contributed by atoms with E-state index in [0.717, 1.165) is 16.9 Å². The van der Waals surface area contributed by atoms with Crippen molar-refractivity contribution in [2.45, 2.75) is 12.5 Å². The highest BCUT2D eigenvalue weighted by atomic mass is 35.5. The van der Waals surface area contributed by atoms with Gasteiger partial charge in [0.1, 0.15) is 10.6 Å². The topological polar surface area (TPSA) is 64.6 Å². The molecule has 0 fully saturated rings. The van der Waals surface area contributed by atoms with Gasteiger partial charge < -0.3 is 14.8 Å². The summed E-state index contributed by atoms with van der Waals surface area (Å²) in [6, 6.07) is 8.54. The van der Waals surface area contributed by atoms with E-state index in [4.69, 9.17) is 16.3 Å². The Morgan fingerprint density at radius 1 is 1.36 bits per heavy atom. The molecular formula is C15H12ClNO4S. The molecule has 3 rings (SSSR count). The van der Waals surface area contributed by atoms with Crippen LogP contribution in [0.15, 0.2) is 30.3 Å². The van der Waals surface area contributed by atoms with Gasteiger partial charge in [-0.1, -0.05) is 11.6 Å². The Morgan fingerprint density at radius 3 is 2.95 bits per heavy atom. The number of methoxy groups -OCH3 is 1. The molecule has 22 heavy (non-hydrogen) atoms. The number of nitrogens with one attached hydrogen (secondary N) is 1. The maximum Gasteiger partial charge on any atom is 0.348 e. The molecule has 5 nitrogen and oxygen atoms in total. The molecule has 1 aromatic heterocycles. The lowest BCUT2D eigenvalue weighted by atomic mass is 10.1. The molecule has 0 unspecified atom stereocenters. The smallest absolute Gasteiger partial charge is 0.348 e. The molecule has 1 aliphatic heterocycles. The lowest BCUT2D eigenvalue weighted by Crippen LogP contribution is -2.31. The number of carbonyl (C=O) groups is 2. The molecule has 1 aliphatic rings. The Labute approximate surface area is 135 Å². The van der Waals surface area contributed by atoms with E-state index in [1.807, 2.05) is 0 Å². The number of rotatable bonds is 3. The van der Waals surface area contributed by atoms with Crippen LogP contribution in [0, 0.1) is 0 Å². The van der Waals surface area contributed by atoms with E-state index in [-0.39, 0.29) is 5.91 Å². The number of halogens is 1. The zero-order valence-electron chi connectivity index (χ0n) is 11.6. The number of esters is 1. The molecule has 114 valence electrons.